The minimum atomic E-state index is -0.0963. The Balaban J connectivity index is 2.43. The van der Waals surface area contributed by atoms with Crippen molar-refractivity contribution in [1.29, 1.82) is 0 Å². The van der Waals surface area contributed by atoms with E-state index in [9.17, 15) is 4.39 Å². The number of benzene rings is 1. The van der Waals surface area contributed by atoms with Gasteiger partial charge in [0.05, 0.1) is 0 Å². The first-order valence-electron chi connectivity index (χ1n) is 6.52. The summed E-state index contributed by atoms with van der Waals surface area (Å²) in [4.78, 5) is 0. The maximum atomic E-state index is 13.8. The molecule has 1 atom stereocenters. The Morgan fingerprint density at radius 2 is 1.94 bits per heavy atom. The second kappa shape index (κ2) is 6.30. The molecule has 0 fully saturated rings. The van der Waals surface area contributed by atoms with E-state index in [1.54, 1.807) is 13.0 Å². The number of hydrogen-bond donors (Lipinski definition) is 2. The smallest absolute Gasteiger partial charge is 0.130 e. The number of rotatable bonds is 5. The molecule has 1 aromatic rings. The monoisotopic (exact) mass is 252 g/mol. The van der Waals surface area contributed by atoms with Crippen LogP contribution in [0.15, 0.2) is 18.2 Å². The van der Waals surface area contributed by atoms with Gasteiger partial charge < -0.3 is 10.6 Å². The van der Waals surface area contributed by atoms with Gasteiger partial charge in [0, 0.05) is 30.2 Å². The molecule has 2 N–H and O–H groups in total. The first-order chi connectivity index (χ1) is 8.29. The van der Waals surface area contributed by atoms with Crippen LogP contribution in [-0.4, -0.2) is 18.1 Å². The van der Waals surface area contributed by atoms with Crippen LogP contribution in [-0.2, 0) is 6.54 Å². The molecule has 0 aliphatic carbocycles. The van der Waals surface area contributed by atoms with E-state index in [0.29, 0.717) is 18.2 Å². The molecule has 0 spiro atoms. The molecule has 0 saturated carbocycles. The molecule has 1 rings (SSSR count). The first kappa shape index (κ1) is 15.1. The topological polar surface area (TPSA) is 24.1 Å². The van der Waals surface area contributed by atoms with Crippen LogP contribution in [0.25, 0.3) is 0 Å². The molecule has 102 valence electrons. The van der Waals surface area contributed by atoms with Crippen LogP contribution >= 0.6 is 0 Å². The van der Waals surface area contributed by atoms with Gasteiger partial charge in [-0.1, -0.05) is 18.2 Å². The number of hydrogen-bond acceptors (Lipinski definition) is 2. The summed E-state index contributed by atoms with van der Waals surface area (Å²) >= 11 is 0. The van der Waals surface area contributed by atoms with Crippen LogP contribution in [0.3, 0.4) is 0 Å². The lowest BCUT2D eigenvalue weighted by Gasteiger charge is -2.24. The van der Waals surface area contributed by atoms with Gasteiger partial charge in [-0.3, -0.25) is 0 Å². The molecule has 0 amide bonds. The van der Waals surface area contributed by atoms with Crippen molar-refractivity contribution in [3.05, 3.63) is 35.1 Å². The molecular weight excluding hydrogens is 227 g/mol. The number of nitrogens with one attached hydrogen (secondary N) is 2. The van der Waals surface area contributed by atoms with Crippen molar-refractivity contribution >= 4 is 0 Å². The Morgan fingerprint density at radius 3 is 2.56 bits per heavy atom. The molecule has 0 radical (unpaired) electrons. The van der Waals surface area contributed by atoms with Crippen LogP contribution in [0.5, 0.6) is 0 Å². The normalized spacial score (nSPS) is 13.7. The maximum absolute atomic E-state index is 13.8. The van der Waals surface area contributed by atoms with Crippen LogP contribution in [0.4, 0.5) is 4.39 Å². The Kier molecular flexibility index (Phi) is 5.29. The van der Waals surface area contributed by atoms with E-state index >= 15 is 0 Å². The Labute approximate surface area is 110 Å². The number of aryl methyl sites for hydroxylation is 1. The summed E-state index contributed by atoms with van der Waals surface area (Å²) in [5, 5.41) is 6.76. The van der Waals surface area contributed by atoms with Crippen molar-refractivity contribution < 1.29 is 4.39 Å². The second-order valence-corrected chi connectivity index (χ2v) is 5.96. The second-order valence-electron chi connectivity index (χ2n) is 5.96. The molecule has 1 aromatic carbocycles. The highest BCUT2D eigenvalue weighted by Gasteiger charge is 2.11. The van der Waals surface area contributed by atoms with E-state index in [-0.39, 0.29) is 11.4 Å². The summed E-state index contributed by atoms with van der Waals surface area (Å²) in [6.45, 7) is 11.8. The quantitative estimate of drug-likeness (QED) is 0.842. The average Bonchev–Trinajstić information content (AvgIpc) is 2.27. The Bertz CT molecular complexity index is 383. The third kappa shape index (κ3) is 5.15. The largest absolute Gasteiger partial charge is 0.311 e. The van der Waals surface area contributed by atoms with Gasteiger partial charge in [0.2, 0.25) is 0 Å². The van der Waals surface area contributed by atoms with Crippen molar-refractivity contribution in [3.8, 4) is 0 Å². The van der Waals surface area contributed by atoms with Gasteiger partial charge in [0.15, 0.2) is 0 Å². The van der Waals surface area contributed by atoms with Gasteiger partial charge in [-0.2, -0.15) is 0 Å². The van der Waals surface area contributed by atoms with Gasteiger partial charge in [-0.05, 0) is 40.2 Å². The zero-order valence-corrected chi connectivity index (χ0v) is 12.1. The zero-order chi connectivity index (χ0) is 13.8. The molecule has 3 heteroatoms. The molecule has 0 heterocycles. The highest BCUT2D eigenvalue weighted by Crippen LogP contribution is 2.11. The third-order valence-corrected chi connectivity index (χ3v) is 2.85. The zero-order valence-electron chi connectivity index (χ0n) is 12.1. The molecular formula is C15H25FN2. The summed E-state index contributed by atoms with van der Waals surface area (Å²) in [7, 11) is 0. The first-order valence-corrected chi connectivity index (χ1v) is 6.52. The van der Waals surface area contributed by atoms with E-state index in [2.05, 4.69) is 38.3 Å². The van der Waals surface area contributed by atoms with Crippen LogP contribution in [0, 0.1) is 12.7 Å². The van der Waals surface area contributed by atoms with E-state index in [1.807, 2.05) is 12.1 Å². The van der Waals surface area contributed by atoms with Crippen molar-refractivity contribution in [3.63, 3.8) is 0 Å². The number of halogens is 1. The minimum Gasteiger partial charge on any atom is -0.311 e. The molecule has 18 heavy (non-hydrogen) atoms. The van der Waals surface area contributed by atoms with Crippen LogP contribution < -0.4 is 10.6 Å². The fourth-order valence-corrected chi connectivity index (χ4v) is 1.66. The van der Waals surface area contributed by atoms with Gasteiger partial charge in [-0.25, -0.2) is 4.39 Å². The summed E-state index contributed by atoms with van der Waals surface area (Å²) < 4.78 is 13.8. The predicted molar refractivity (Wildman–Crippen MR) is 75.2 cm³/mol. The predicted octanol–water partition coefficient (Wildman–Crippen LogP) is 3.00. The standard InChI is InChI=1S/C15H25FN2/c1-11-7-6-8-13(14(11)16)10-17-12(2)9-18-15(3,4)5/h6-8,12,17-18H,9-10H2,1-5H3. The average molecular weight is 252 g/mol. The van der Waals surface area contributed by atoms with E-state index in [4.69, 9.17) is 0 Å². The molecule has 0 saturated heterocycles. The summed E-state index contributed by atoms with van der Waals surface area (Å²) in [5.74, 6) is -0.0963. The van der Waals surface area contributed by atoms with Crippen LogP contribution in [0.2, 0.25) is 0 Å². The Morgan fingerprint density at radius 1 is 1.28 bits per heavy atom. The molecule has 1 unspecified atom stereocenters. The van der Waals surface area contributed by atoms with Crippen molar-refractivity contribution in [2.45, 2.75) is 52.7 Å². The fraction of sp³-hybridized carbons (Fsp3) is 0.600. The van der Waals surface area contributed by atoms with Crippen molar-refractivity contribution in [2.24, 2.45) is 0 Å². The molecule has 2 nitrogen and oxygen atoms in total. The highest BCUT2D eigenvalue weighted by atomic mass is 19.1. The Hall–Kier alpha value is -0.930. The van der Waals surface area contributed by atoms with Gasteiger partial charge in [0.25, 0.3) is 0 Å². The van der Waals surface area contributed by atoms with Gasteiger partial charge >= 0.3 is 0 Å². The summed E-state index contributed by atoms with van der Waals surface area (Å²) in [5.41, 5.74) is 1.55. The minimum absolute atomic E-state index is 0.0963. The lowest BCUT2D eigenvalue weighted by atomic mass is 10.1. The third-order valence-electron chi connectivity index (χ3n) is 2.85. The lowest BCUT2D eigenvalue weighted by molar-refractivity contribution is 0.386. The molecule has 0 bridgehead atoms. The van der Waals surface area contributed by atoms with Crippen LogP contribution in [0.1, 0.15) is 38.8 Å². The lowest BCUT2D eigenvalue weighted by Crippen LogP contribution is -2.44. The van der Waals surface area contributed by atoms with Gasteiger partial charge in [-0.15, -0.1) is 0 Å². The molecule has 0 aliphatic rings. The van der Waals surface area contributed by atoms with Gasteiger partial charge in [0.1, 0.15) is 5.82 Å². The summed E-state index contributed by atoms with van der Waals surface area (Å²) in [6, 6.07) is 5.83. The van der Waals surface area contributed by atoms with E-state index in [1.165, 1.54) is 0 Å². The fourth-order valence-electron chi connectivity index (χ4n) is 1.66. The SMILES string of the molecule is Cc1cccc(CNC(C)CNC(C)(C)C)c1F. The van der Waals surface area contributed by atoms with E-state index in [0.717, 1.165) is 12.1 Å². The molecule has 0 aromatic heterocycles. The van der Waals surface area contributed by atoms with Crippen molar-refractivity contribution in [1.82, 2.24) is 10.6 Å². The van der Waals surface area contributed by atoms with Crippen molar-refractivity contribution in [2.75, 3.05) is 6.54 Å². The summed E-state index contributed by atoms with van der Waals surface area (Å²) in [6.07, 6.45) is 0. The molecule has 0 aliphatic heterocycles. The van der Waals surface area contributed by atoms with E-state index < -0.39 is 0 Å². The highest BCUT2D eigenvalue weighted by molar-refractivity contribution is 5.24. The maximum Gasteiger partial charge on any atom is 0.130 e.